The molecule has 2 heterocycles. The van der Waals surface area contributed by atoms with E-state index in [2.05, 4.69) is 30.8 Å². The lowest BCUT2D eigenvalue weighted by Crippen LogP contribution is -2.02. The molecule has 0 unspecified atom stereocenters. The Morgan fingerprint density at radius 1 is 1.17 bits per heavy atom. The Labute approximate surface area is 139 Å². The molecule has 0 aliphatic carbocycles. The van der Waals surface area contributed by atoms with Gasteiger partial charge in [0.1, 0.15) is 11.6 Å². The first kappa shape index (κ1) is 15.7. The number of carbonyl (C=O) groups is 1. The van der Waals surface area contributed by atoms with Gasteiger partial charge >= 0.3 is 0 Å². The molecule has 0 saturated heterocycles. The lowest BCUT2D eigenvalue weighted by Gasteiger charge is -2.08. The number of rotatable bonds is 5. The van der Waals surface area contributed by atoms with Crippen molar-refractivity contribution in [3.05, 3.63) is 53.3 Å². The third-order valence-corrected chi connectivity index (χ3v) is 3.69. The maximum absolute atomic E-state index is 11.5. The number of aromatic nitrogens is 4. The van der Waals surface area contributed by atoms with Crippen molar-refractivity contribution in [2.45, 2.75) is 20.8 Å². The summed E-state index contributed by atoms with van der Waals surface area (Å²) >= 11 is 0. The number of H-pyrrole nitrogens is 1. The molecule has 122 valence electrons. The molecule has 3 rings (SSSR count). The predicted octanol–water partition coefficient (Wildman–Crippen LogP) is 3.51. The molecule has 3 N–H and O–H groups in total. The van der Waals surface area contributed by atoms with Crippen molar-refractivity contribution in [3.8, 4) is 0 Å². The number of nitrogens with zero attached hydrogens (tertiary/aromatic N) is 3. The van der Waals surface area contributed by atoms with Crippen molar-refractivity contribution >= 4 is 29.1 Å². The van der Waals surface area contributed by atoms with E-state index in [1.807, 2.05) is 26.0 Å². The Hall–Kier alpha value is -3.22. The van der Waals surface area contributed by atoms with E-state index >= 15 is 0 Å². The molecule has 0 aliphatic heterocycles. The minimum atomic E-state index is 0.0140. The van der Waals surface area contributed by atoms with Crippen LogP contribution in [0.2, 0.25) is 0 Å². The van der Waals surface area contributed by atoms with E-state index in [9.17, 15) is 4.79 Å². The summed E-state index contributed by atoms with van der Waals surface area (Å²) in [6.07, 6.45) is 1.66. The Morgan fingerprint density at radius 3 is 2.71 bits per heavy atom. The van der Waals surface area contributed by atoms with Gasteiger partial charge in [0.05, 0.1) is 5.69 Å². The van der Waals surface area contributed by atoms with E-state index in [4.69, 9.17) is 0 Å². The lowest BCUT2D eigenvalue weighted by molar-refractivity contribution is 0.101. The van der Waals surface area contributed by atoms with Crippen LogP contribution in [-0.4, -0.2) is 25.9 Å². The molecule has 0 amide bonds. The molecule has 2 aromatic heterocycles. The highest BCUT2D eigenvalue weighted by Gasteiger charge is 2.07. The monoisotopic (exact) mass is 322 g/mol. The number of benzene rings is 1. The number of hydrogen-bond donors (Lipinski definition) is 3. The molecule has 7 heteroatoms. The summed E-state index contributed by atoms with van der Waals surface area (Å²) in [6.45, 7) is 5.45. The zero-order valence-corrected chi connectivity index (χ0v) is 13.7. The number of hydrogen-bond acceptors (Lipinski definition) is 6. The van der Waals surface area contributed by atoms with Crippen LogP contribution in [0.1, 0.15) is 28.5 Å². The molecular weight excluding hydrogens is 304 g/mol. The van der Waals surface area contributed by atoms with Crippen molar-refractivity contribution in [3.63, 3.8) is 0 Å². The van der Waals surface area contributed by atoms with E-state index in [1.54, 1.807) is 24.4 Å². The summed E-state index contributed by atoms with van der Waals surface area (Å²) in [4.78, 5) is 20.1. The third-order valence-electron chi connectivity index (χ3n) is 3.69. The van der Waals surface area contributed by atoms with Crippen LogP contribution < -0.4 is 10.6 Å². The van der Waals surface area contributed by atoms with Crippen molar-refractivity contribution in [1.82, 2.24) is 20.2 Å². The van der Waals surface area contributed by atoms with Gasteiger partial charge in [0, 0.05) is 23.0 Å². The third kappa shape index (κ3) is 3.40. The van der Waals surface area contributed by atoms with Crippen molar-refractivity contribution in [1.29, 1.82) is 0 Å². The molecule has 7 nitrogen and oxygen atoms in total. The van der Waals surface area contributed by atoms with Crippen LogP contribution >= 0.6 is 0 Å². The molecule has 0 saturated carbocycles. The van der Waals surface area contributed by atoms with Crippen molar-refractivity contribution in [2.24, 2.45) is 0 Å². The van der Waals surface area contributed by atoms with E-state index in [1.165, 1.54) is 6.92 Å². The van der Waals surface area contributed by atoms with E-state index < -0.39 is 0 Å². The summed E-state index contributed by atoms with van der Waals surface area (Å²) in [5.41, 5.74) is 3.37. The number of aromatic amines is 1. The van der Waals surface area contributed by atoms with Crippen LogP contribution in [0.5, 0.6) is 0 Å². The Bertz CT molecular complexity index is 886. The summed E-state index contributed by atoms with van der Waals surface area (Å²) < 4.78 is 0. The lowest BCUT2D eigenvalue weighted by atomic mass is 10.1. The summed E-state index contributed by atoms with van der Waals surface area (Å²) in [5, 5.41) is 13.4. The summed E-state index contributed by atoms with van der Waals surface area (Å²) in [6, 6.07) is 8.99. The Kier molecular flexibility index (Phi) is 4.24. The second-order valence-electron chi connectivity index (χ2n) is 5.46. The number of anilines is 4. The van der Waals surface area contributed by atoms with Crippen LogP contribution in [0, 0.1) is 13.8 Å². The van der Waals surface area contributed by atoms with Crippen LogP contribution in [0.3, 0.4) is 0 Å². The van der Waals surface area contributed by atoms with E-state index in [-0.39, 0.29) is 5.78 Å². The minimum absolute atomic E-state index is 0.0140. The van der Waals surface area contributed by atoms with Crippen LogP contribution in [0.25, 0.3) is 0 Å². The largest absolute Gasteiger partial charge is 0.325 e. The van der Waals surface area contributed by atoms with Gasteiger partial charge < -0.3 is 10.6 Å². The fourth-order valence-corrected chi connectivity index (χ4v) is 2.17. The van der Waals surface area contributed by atoms with E-state index in [0.717, 1.165) is 22.8 Å². The molecule has 1 aromatic carbocycles. The topological polar surface area (TPSA) is 95.6 Å². The molecule has 24 heavy (non-hydrogen) atoms. The van der Waals surface area contributed by atoms with Gasteiger partial charge in [0.2, 0.25) is 5.95 Å². The molecular formula is C17H18N6O. The van der Waals surface area contributed by atoms with Crippen molar-refractivity contribution in [2.75, 3.05) is 10.6 Å². The number of carbonyl (C=O) groups excluding carboxylic acids is 1. The maximum Gasteiger partial charge on any atom is 0.229 e. The second kappa shape index (κ2) is 6.49. The first-order chi connectivity index (χ1) is 11.5. The molecule has 0 radical (unpaired) electrons. The van der Waals surface area contributed by atoms with Crippen LogP contribution in [0.4, 0.5) is 23.3 Å². The second-order valence-corrected chi connectivity index (χ2v) is 5.46. The fourth-order valence-electron chi connectivity index (χ4n) is 2.17. The maximum atomic E-state index is 11.5. The number of aryl methyl sites for hydroxylation is 1. The molecule has 0 aliphatic rings. The highest BCUT2D eigenvalue weighted by molar-refractivity contribution is 5.95. The predicted molar refractivity (Wildman–Crippen MR) is 93.1 cm³/mol. The van der Waals surface area contributed by atoms with Crippen LogP contribution in [-0.2, 0) is 0 Å². The smallest absolute Gasteiger partial charge is 0.229 e. The average molecular weight is 322 g/mol. The van der Waals surface area contributed by atoms with Gasteiger partial charge in [-0.25, -0.2) is 4.98 Å². The Balaban J connectivity index is 1.79. The Morgan fingerprint density at radius 2 is 2.00 bits per heavy atom. The zero-order chi connectivity index (χ0) is 17.1. The normalized spacial score (nSPS) is 10.5. The number of Topliss-reactive ketones (excluding diaryl/α,β-unsaturated/α-hetero) is 1. The van der Waals surface area contributed by atoms with Gasteiger partial charge in [0.25, 0.3) is 0 Å². The SMILES string of the molecule is CC(=O)c1cccc(Nc2nccc(Nc3[nH]nc(C)c3C)n2)c1. The van der Waals surface area contributed by atoms with Gasteiger partial charge in [-0.15, -0.1) is 0 Å². The molecule has 0 fully saturated rings. The first-order valence-corrected chi connectivity index (χ1v) is 7.52. The summed E-state index contributed by atoms with van der Waals surface area (Å²) in [5.74, 6) is 1.90. The standard InChI is InChI=1S/C17H18N6O/c1-10-11(2)22-23-16(10)20-15-7-8-18-17(21-15)19-14-6-4-5-13(9-14)12(3)24/h4-9H,1-3H3,(H3,18,19,20,21,22,23). The van der Waals surface area contributed by atoms with Crippen LogP contribution in [0.15, 0.2) is 36.5 Å². The quantitative estimate of drug-likeness (QED) is 0.622. The van der Waals surface area contributed by atoms with Gasteiger partial charge in [-0.2, -0.15) is 10.1 Å². The highest BCUT2D eigenvalue weighted by atomic mass is 16.1. The summed E-state index contributed by atoms with van der Waals surface area (Å²) in [7, 11) is 0. The van der Waals surface area contributed by atoms with Gasteiger partial charge in [-0.3, -0.25) is 9.89 Å². The molecule has 0 atom stereocenters. The first-order valence-electron chi connectivity index (χ1n) is 7.52. The minimum Gasteiger partial charge on any atom is -0.325 e. The fraction of sp³-hybridized carbons (Fsp3) is 0.176. The number of nitrogens with one attached hydrogen (secondary N) is 3. The van der Waals surface area contributed by atoms with Gasteiger partial charge in [-0.05, 0) is 39.0 Å². The average Bonchev–Trinajstić information content (AvgIpc) is 2.87. The van der Waals surface area contributed by atoms with Gasteiger partial charge in [0.15, 0.2) is 5.78 Å². The van der Waals surface area contributed by atoms with Gasteiger partial charge in [-0.1, -0.05) is 12.1 Å². The molecule has 0 spiro atoms. The molecule has 3 aromatic rings. The number of ketones is 1. The molecule has 0 bridgehead atoms. The highest BCUT2D eigenvalue weighted by Crippen LogP contribution is 2.20. The van der Waals surface area contributed by atoms with E-state index in [0.29, 0.717) is 17.3 Å². The zero-order valence-electron chi connectivity index (χ0n) is 13.7. The van der Waals surface area contributed by atoms with Crippen molar-refractivity contribution < 1.29 is 4.79 Å².